The number of hydrogen-bond donors (Lipinski definition) is 1. The Labute approximate surface area is 120 Å². The summed E-state index contributed by atoms with van der Waals surface area (Å²) in [6.07, 6.45) is 3.76. The molecule has 2 rings (SSSR count). The van der Waals surface area contributed by atoms with Crippen molar-refractivity contribution in [3.63, 3.8) is 0 Å². The van der Waals surface area contributed by atoms with Crippen LogP contribution in [-0.2, 0) is 13.1 Å². The van der Waals surface area contributed by atoms with Gasteiger partial charge in [-0.15, -0.1) is 0 Å². The number of ether oxygens (including phenoxy) is 1. The number of aryl methyl sites for hydroxylation is 1. The second-order valence-corrected chi connectivity index (χ2v) is 5.23. The molecule has 0 amide bonds. The van der Waals surface area contributed by atoms with Gasteiger partial charge < -0.3 is 14.6 Å². The van der Waals surface area contributed by atoms with Crippen molar-refractivity contribution in [2.24, 2.45) is 5.92 Å². The van der Waals surface area contributed by atoms with Crippen LogP contribution in [0.2, 0.25) is 0 Å². The van der Waals surface area contributed by atoms with Crippen LogP contribution in [0.25, 0.3) is 0 Å². The second kappa shape index (κ2) is 6.98. The smallest absolute Gasteiger partial charge is 0.142 e. The first kappa shape index (κ1) is 14.4. The predicted octanol–water partition coefficient (Wildman–Crippen LogP) is 3.55. The molecule has 1 aromatic heterocycles. The van der Waals surface area contributed by atoms with Crippen molar-refractivity contribution >= 4 is 5.69 Å². The molecule has 4 nitrogen and oxygen atoms in total. The lowest BCUT2D eigenvalue weighted by Gasteiger charge is -2.14. The zero-order valence-corrected chi connectivity index (χ0v) is 12.5. The molecule has 0 aliphatic rings. The van der Waals surface area contributed by atoms with E-state index in [1.54, 1.807) is 0 Å². The van der Waals surface area contributed by atoms with Crippen LogP contribution in [0.1, 0.15) is 26.5 Å². The van der Waals surface area contributed by atoms with Gasteiger partial charge in [-0.1, -0.05) is 26.0 Å². The van der Waals surface area contributed by atoms with E-state index in [1.807, 2.05) is 36.8 Å². The summed E-state index contributed by atoms with van der Waals surface area (Å²) in [6, 6.07) is 8.06. The number of imidazole rings is 1. The molecule has 0 radical (unpaired) electrons. The molecule has 0 fully saturated rings. The Morgan fingerprint density at radius 1 is 1.30 bits per heavy atom. The molecule has 0 saturated carbocycles. The molecule has 1 aromatic carbocycles. The normalized spacial score (nSPS) is 10.8. The first-order valence-corrected chi connectivity index (χ1v) is 7.15. The van der Waals surface area contributed by atoms with Crippen LogP contribution in [-0.4, -0.2) is 16.2 Å². The van der Waals surface area contributed by atoms with E-state index < -0.39 is 0 Å². The molecule has 0 aliphatic heterocycles. The molecule has 108 valence electrons. The van der Waals surface area contributed by atoms with Crippen molar-refractivity contribution in [3.8, 4) is 5.75 Å². The van der Waals surface area contributed by atoms with Crippen molar-refractivity contribution in [1.82, 2.24) is 9.55 Å². The Hall–Kier alpha value is -1.97. The maximum Gasteiger partial charge on any atom is 0.142 e. The standard InChI is InChI=1S/C16H23N3O/c1-4-19-12-17-9-14(19)10-18-15-7-5-6-8-16(15)20-11-13(2)3/h5-9,12-13,18H,4,10-11H2,1-3H3. The number of anilines is 1. The van der Waals surface area contributed by atoms with Gasteiger partial charge in [-0.05, 0) is 25.0 Å². The Kier molecular flexibility index (Phi) is 5.04. The maximum absolute atomic E-state index is 5.84. The molecule has 0 saturated heterocycles. The van der Waals surface area contributed by atoms with Crippen LogP contribution < -0.4 is 10.1 Å². The summed E-state index contributed by atoms with van der Waals surface area (Å²) in [5, 5.41) is 3.43. The monoisotopic (exact) mass is 273 g/mol. The zero-order valence-electron chi connectivity index (χ0n) is 12.5. The third-order valence-corrected chi connectivity index (χ3v) is 3.06. The lowest BCUT2D eigenvalue weighted by Crippen LogP contribution is -2.09. The third kappa shape index (κ3) is 3.76. The molecule has 0 aliphatic carbocycles. The molecule has 0 spiro atoms. The fraction of sp³-hybridized carbons (Fsp3) is 0.438. The minimum atomic E-state index is 0.518. The van der Waals surface area contributed by atoms with Crippen LogP contribution in [0.15, 0.2) is 36.8 Å². The van der Waals surface area contributed by atoms with Gasteiger partial charge in [-0.25, -0.2) is 4.98 Å². The quantitative estimate of drug-likeness (QED) is 0.838. The van der Waals surface area contributed by atoms with Gasteiger partial charge in [0.2, 0.25) is 0 Å². The van der Waals surface area contributed by atoms with Crippen molar-refractivity contribution in [1.29, 1.82) is 0 Å². The lowest BCUT2D eigenvalue weighted by molar-refractivity contribution is 0.272. The van der Waals surface area contributed by atoms with Gasteiger partial charge in [0.25, 0.3) is 0 Å². The van der Waals surface area contributed by atoms with Crippen LogP contribution in [0.5, 0.6) is 5.75 Å². The zero-order chi connectivity index (χ0) is 14.4. The number of aromatic nitrogens is 2. The number of nitrogens with zero attached hydrogens (tertiary/aromatic N) is 2. The highest BCUT2D eigenvalue weighted by atomic mass is 16.5. The van der Waals surface area contributed by atoms with E-state index in [1.165, 1.54) is 5.69 Å². The minimum absolute atomic E-state index is 0.518. The van der Waals surface area contributed by atoms with E-state index in [0.717, 1.165) is 31.1 Å². The van der Waals surface area contributed by atoms with E-state index >= 15 is 0 Å². The van der Waals surface area contributed by atoms with Gasteiger partial charge >= 0.3 is 0 Å². The van der Waals surface area contributed by atoms with Gasteiger partial charge in [-0.2, -0.15) is 0 Å². The highest BCUT2D eigenvalue weighted by Gasteiger charge is 2.05. The lowest BCUT2D eigenvalue weighted by atomic mass is 10.2. The van der Waals surface area contributed by atoms with Crippen LogP contribution >= 0.6 is 0 Å². The largest absolute Gasteiger partial charge is 0.491 e. The van der Waals surface area contributed by atoms with Crippen LogP contribution in [0.4, 0.5) is 5.69 Å². The van der Waals surface area contributed by atoms with Crippen molar-refractivity contribution in [2.45, 2.75) is 33.9 Å². The highest BCUT2D eigenvalue weighted by molar-refractivity contribution is 5.56. The fourth-order valence-corrected chi connectivity index (χ4v) is 1.96. The average molecular weight is 273 g/mol. The molecule has 1 N–H and O–H groups in total. The summed E-state index contributed by atoms with van der Waals surface area (Å²) < 4.78 is 7.97. The van der Waals surface area contributed by atoms with Crippen LogP contribution in [0.3, 0.4) is 0 Å². The molecule has 0 atom stereocenters. The summed E-state index contributed by atoms with van der Waals surface area (Å²) >= 11 is 0. The molecule has 4 heteroatoms. The molecule has 2 aromatic rings. The Morgan fingerprint density at radius 2 is 2.10 bits per heavy atom. The predicted molar refractivity (Wildman–Crippen MR) is 82.0 cm³/mol. The van der Waals surface area contributed by atoms with Crippen molar-refractivity contribution < 1.29 is 4.74 Å². The number of rotatable bonds is 7. The maximum atomic E-state index is 5.84. The number of nitrogens with one attached hydrogen (secondary N) is 1. The summed E-state index contributed by atoms with van der Waals surface area (Å²) in [4.78, 5) is 4.18. The summed E-state index contributed by atoms with van der Waals surface area (Å²) in [6.45, 7) is 8.82. The second-order valence-electron chi connectivity index (χ2n) is 5.23. The average Bonchev–Trinajstić information content (AvgIpc) is 2.91. The molecular weight excluding hydrogens is 250 g/mol. The van der Waals surface area contributed by atoms with Gasteiger partial charge in [0.1, 0.15) is 5.75 Å². The molecule has 0 unspecified atom stereocenters. The number of hydrogen-bond acceptors (Lipinski definition) is 3. The summed E-state index contributed by atoms with van der Waals surface area (Å²) in [5.74, 6) is 1.42. The van der Waals surface area contributed by atoms with E-state index in [0.29, 0.717) is 5.92 Å². The number of para-hydroxylation sites is 2. The molecule has 0 bridgehead atoms. The number of benzene rings is 1. The van der Waals surface area contributed by atoms with Gasteiger partial charge in [0.05, 0.1) is 30.9 Å². The van der Waals surface area contributed by atoms with Crippen molar-refractivity contribution in [3.05, 3.63) is 42.5 Å². The minimum Gasteiger partial charge on any atom is -0.491 e. The Morgan fingerprint density at radius 3 is 2.85 bits per heavy atom. The summed E-state index contributed by atoms with van der Waals surface area (Å²) in [7, 11) is 0. The molecule has 1 heterocycles. The van der Waals surface area contributed by atoms with E-state index in [2.05, 4.69) is 35.6 Å². The molecular formula is C16H23N3O. The molecule has 20 heavy (non-hydrogen) atoms. The van der Waals surface area contributed by atoms with Gasteiger partial charge in [-0.3, -0.25) is 0 Å². The Balaban J connectivity index is 2.02. The van der Waals surface area contributed by atoms with Crippen molar-refractivity contribution in [2.75, 3.05) is 11.9 Å². The van der Waals surface area contributed by atoms with Crippen LogP contribution in [0, 0.1) is 5.92 Å². The topological polar surface area (TPSA) is 39.1 Å². The Bertz CT molecular complexity index is 534. The van der Waals surface area contributed by atoms with Gasteiger partial charge in [0.15, 0.2) is 0 Å². The highest BCUT2D eigenvalue weighted by Crippen LogP contribution is 2.24. The van der Waals surface area contributed by atoms with E-state index in [-0.39, 0.29) is 0 Å². The fourth-order valence-electron chi connectivity index (χ4n) is 1.96. The van der Waals surface area contributed by atoms with Gasteiger partial charge in [0, 0.05) is 12.7 Å². The third-order valence-electron chi connectivity index (χ3n) is 3.06. The first-order chi connectivity index (χ1) is 9.70. The first-order valence-electron chi connectivity index (χ1n) is 7.15. The SMILES string of the molecule is CCn1cncc1CNc1ccccc1OCC(C)C. The van der Waals surface area contributed by atoms with E-state index in [4.69, 9.17) is 4.74 Å². The van der Waals surface area contributed by atoms with E-state index in [9.17, 15) is 0 Å². The summed E-state index contributed by atoms with van der Waals surface area (Å²) in [5.41, 5.74) is 2.20.